The molecule has 0 spiro atoms. The minimum Gasteiger partial charge on any atom is -0.493 e. The molecule has 2 aromatic rings. The second-order valence-electron chi connectivity index (χ2n) is 6.07. The molecule has 1 heterocycles. The lowest BCUT2D eigenvalue weighted by Crippen LogP contribution is -2.40. The van der Waals surface area contributed by atoms with Gasteiger partial charge in [0.1, 0.15) is 0 Å². The molecule has 1 unspecified atom stereocenters. The van der Waals surface area contributed by atoms with Gasteiger partial charge in [0.05, 0.1) is 32.3 Å². The van der Waals surface area contributed by atoms with E-state index in [1.165, 1.54) is 19.2 Å². The molecule has 0 aromatic heterocycles. The SMILES string of the molecule is COC(=O)N1CCc2cc(OC)c(OC)cc2C1c1ccc([N+](=O)[O-])cc1. The van der Waals surface area contributed by atoms with Crippen LogP contribution in [0.4, 0.5) is 10.5 Å². The van der Waals surface area contributed by atoms with E-state index in [2.05, 4.69) is 0 Å². The third-order valence-electron chi connectivity index (χ3n) is 4.70. The molecule has 0 bridgehead atoms. The summed E-state index contributed by atoms with van der Waals surface area (Å²) in [5.74, 6) is 1.17. The lowest BCUT2D eigenvalue weighted by Gasteiger charge is -2.37. The Labute approximate surface area is 156 Å². The number of nitro benzene ring substituents is 1. The summed E-state index contributed by atoms with van der Waals surface area (Å²) >= 11 is 0. The molecule has 0 aliphatic carbocycles. The number of hydrogen-bond donors (Lipinski definition) is 0. The molecule has 0 saturated carbocycles. The maximum Gasteiger partial charge on any atom is 0.410 e. The zero-order chi connectivity index (χ0) is 19.6. The molecular weight excluding hydrogens is 352 g/mol. The smallest absolute Gasteiger partial charge is 0.410 e. The first-order chi connectivity index (χ1) is 13.0. The molecule has 1 atom stereocenters. The Hall–Kier alpha value is -3.29. The minimum atomic E-state index is -0.459. The maximum atomic E-state index is 12.4. The Morgan fingerprint density at radius 3 is 2.30 bits per heavy atom. The van der Waals surface area contributed by atoms with Crippen LogP contribution in [0.1, 0.15) is 22.7 Å². The molecule has 1 amide bonds. The van der Waals surface area contributed by atoms with Gasteiger partial charge in [0.2, 0.25) is 0 Å². The van der Waals surface area contributed by atoms with Crippen molar-refractivity contribution in [3.05, 3.63) is 63.2 Å². The molecule has 0 N–H and O–H groups in total. The molecule has 8 nitrogen and oxygen atoms in total. The molecular formula is C19H20N2O6. The fourth-order valence-electron chi connectivity index (χ4n) is 3.40. The Morgan fingerprint density at radius 2 is 1.74 bits per heavy atom. The number of non-ortho nitro benzene ring substituents is 1. The summed E-state index contributed by atoms with van der Waals surface area (Å²) in [6.45, 7) is 0.455. The third kappa shape index (κ3) is 3.38. The number of rotatable bonds is 4. The van der Waals surface area contributed by atoms with Crippen molar-refractivity contribution in [1.82, 2.24) is 4.90 Å². The quantitative estimate of drug-likeness (QED) is 0.604. The van der Waals surface area contributed by atoms with Gasteiger partial charge in [-0.2, -0.15) is 0 Å². The van der Waals surface area contributed by atoms with Crippen LogP contribution in [0.2, 0.25) is 0 Å². The van der Waals surface area contributed by atoms with E-state index in [0.717, 1.165) is 16.7 Å². The summed E-state index contributed by atoms with van der Waals surface area (Å²) in [6, 6.07) is 9.48. The Morgan fingerprint density at radius 1 is 1.11 bits per heavy atom. The molecule has 8 heteroatoms. The highest BCUT2D eigenvalue weighted by Crippen LogP contribution is 2.41. The summed E-state index contributed by atoms with van der Waals surface area (Å²) in [7, 11) is 4.45. The van der Waals surface area contributed by atoms with E-state index in [1.54, 1.807) is 31.3 Å². The Balaban J connectivity index is 2.14. The standard InChI is InChI=1S/C19H20N2O6/c1-25-16-10-13-8-9-20(19(22)27-3)18(15(13)11-17(16)26-2)12-4-6-14(7-5-12)21(23)24/h4-7,10-11,18H,8-9H2,1-3H3. The highest BCUT2D eigenvalue weighted by molar-refractivity contribution is 5.70. The molecule has 2 aromatic carbocycles. The van der Waals surface area contributed by atoms with Crippen molar-refractivity contribution in [3.8, 4) is 11.5 Å². The van der Waals surface area contributed by atoms with Crippen LogP contribution in [0.3, 0.4) is 0 Å². The van der Waals surface area contributed by atoms with E-state index in [1.807, 2.05) is 12.1 Å². The summed E-state index contributed by atoms with van der Waals surface area (Å²) in [6.07, 6.45) is 0.174. The number of methoxy groups -OCH3 is 3. The zero-order valence-corrected chi connectivity index (χ0v) is 15.3. The van der Waals surface area contributed by atoms with Crippen LogP contribution in [0.25, 0.3) is 0 Å². The van der Waals surface area contributed by atoms with Gasteiger partial charge in [-0.25, -0.2) is 4.79 Å². The largest absolute Gasteiger partial charge is 0.493 e. The third-order valence-corrected chi connectivity index (χ3v) is 4.70. The maximum absolute atomic E-state index is 12.4. The van der Waals surface area contributed by atoms with Gasteiger partial charge in [0.25, 0.3) is 5.69 Å². The topological polar surface area (TPSA) is 91.1 Å². The van der Waals surface area contributed by atoms with Gasteiger partial charge >= 0.3 is 6.09 Å². The van der Waals surface area contributed by atoms with E-state index in [0.29, 0.717) is 24.5 Å². The number of hydrogen-bond acceptors (Lipinski definition) is 6. The van der Waals surface area contributed by atoms with Gasteiger partial charge in [-0.3, -0.25) is 15.0 Å². The zero-order valence-electron chi connectivity index (χ0n) is 15.3. The van der Waals surface area contributed by atoms with E-state index in [4.69, 9.17) is 14.2 Å². The van der Waals surface area contributed by atoms with E-state index in [9.17, 15) is 14.9 Å². The molecule has 0 radical (unpaired) electrons. The van der Waals surface area contributed by atoms with Crippen LogP contribution in [-0.2, 0) is 11.2 Å². The summed E-state index contributed by atoms with van der Waals surface area (Å²) < 4.78 is 15.7. The van der Waals surface area contributed by atoms with Gasteiger partial charge in [0.15, 0.2) is 11.5 Å². The lowest BCUT2D eigenvalue weighted by molar-refractivity contribution is -0.384. The van der Waals surface area contributed by atoms with Crippen LogP contribution in [0.5, 0.6) is 11.5 Å². The summed E-state index contributed by atoms with van der Waals surface area (Å²) in [4.78, 5) is 24.5. The fraction of sp³-hybridized carbons (Fsp3) is 0.316. The molecule has 0 fully saturated rings. The first-order valence-corrected chi connectivity index (χ1v) is 8.34. The number of benzene rings is 2. The highest BCUT2D eigenvalue weighted by atomic mass is 16.6. The number of carbonyl (C=O) groups is 1. The van der Waals surface area contributed by atoms with Crippen LogP contribution in [-0.4, -0.2) is 43.8 Å². The second-order valence-corrected chi connectivity index (χ2v) is 6.07. The van der Waals surface area contributed by atoms with E-state index >= 15 is 0 Å². The summed E-state index contributed by atoms with van der Waals surface area (Å²) in [5.41, 5.74) is 2.64. The van der Waals surface area contributed by atoms with Crippen molar-refractivity contribution in [2.24, 2.45) is 0 Å². The minimum absolute atomic E-state index is 0.00767. The van der Waals surface area contributed by atoms with Crippen LogP contribution < -0.4 is 9.47 Å². The van der Waals surface area contributed by atoms with Crippen molar-refractivity contribution < 1.29 is 23.9 Å². The number of nitro groups is 1. The van der Waals surface area contributed by atoms with Crippen LogP contribution in [0, 0.1) is 10.1 Å². The van der Waals surface area contributed by atoms with Crippen molar-refractivity contribution in [2.45, 2.75) is 12.5 Å². The predicted octanol–water partition coefficient (Wildman–Crippen LogP) is 3.33. The van der Waals surface area contributed by atoms with Crippen LogP contribution >= 0.6 is 0 Å². The average Bonchev–Trinajstić information content (AvgIpc) is 2.71. The molecule has 0 saturated heterocycles. The number of ether oxygens (including phenoxy) is 3. The van der Waals surface area contributed by atoms with Crippen molar-refractivity contribution in [2.75, 3.05) is 27.9 Å². The van der Waals surface area contributed by atoms with Crippen molar-refractivity contribution >= 4 is 11.8 Å². The normalized spacial score (nSPS) is 15.7. The fourth-order valence-corrected chi connectivity index (χ4v) is 3.40. The summed E-state index contributed by atoms with van der Waals surface area (Å²) in [5, 5.41) is 11.0. The Kier molecular flexibility index (Phi) is 5.16. The molecule has 27 heavy (non-hydrogen) atoms. The second kappa shape index (κ2) is 7.53. The number of amides is 1. The first kappa shape index (κ1) is 18.5. The molecule has 3 rings (SSSR count). The number of fused-ring (bicyclic) bond motifs is 1. The van der Waals surface area contributed by atoms with Gasteiger partial charge in [-0.1, -0.05) is 0 Å². The van der Waals surface area contributed by atoms with Crippen LogP contribution in [0.15, 0.2) is 36.4 Å². The van der Waals surface area contributed by atoms with E-state index < -0.39 is 17.1 Å². The van der Waals surface area contributed by atoms with Gasteiger partial charge in [0, 0.05) is 18.7 Å². The average molecular weight is 372 g/mol. The molecule has 1 aliphatic rings. The number of nitrogens with zero attached hydrogens (tertiary/aromatic N) is 2. The molecule has 142 valence electrons. The monoisotopic (exact) mass is 372 g/mol. The van der Waals surface area contributed by atoms with Gasteiger partial charge < -0.3 is 14.2 Å². The highest BCUT2D eigenvalue weighted by Gasteiger charge is 2.34. The predicted molar refractivity (Wildman–Crippen MR) is 97.3 cm³/mol. The van der Waals surface area contributed by atoms with Crippen molar-refractivity contribution in [3.63, 3.8) is 0 Å². The van der Waals surface area contributed by atoms with E-state index in [-0.39, 0.29) is 5.69 Å². The first-order valence-electron chi connectivity index (χ1n) is 8.34. The Bertz CT molecular complexity index is 865. The van der Waals surface area contributed by atoms with Crippen molar-refractivity contribution in [1.29, 1.82) is 0 Å². The molecule has 1 aliphatic heterocycles. The van der Waals surface area contributed by atoms with Gasteiger partial charge in [-0.15, -0.1) is 0 Å². The van der Waals surface area contributed by atoms with Gasteiger partial charge in [-0.05, 0) is 47.4 Å². The lowest BCUT2D eigenvalue weighted by atomic mass is 9.88. The number of carbonyl (C=O) groups excluding carboxylic acids is 1.